The number of rotatable bonds is 4. The molecule has 0 amide bonds. The van der Waals surface area contributed by atoms with Gasteiger partial charge in [0.05, 0.1) is 6.20 Å². The molecule has 4 nitrogen and oxygen atoms in total. The van der Waals surface area contributed by atoms with Gasteiger partial charge in [0, 0.05) is 32.3 Å². The Kier molecular flexibility index (Phi) is 3.94. The topological polar surface area (TPSA) is 38.1 Å². The minimum atomic E-state index is 0.262. The van der Waals surface area contributed by atoms with E-state index in [0.29, 0.717) is 5.78 Å². The Morgan fingerprint density at radius 3 is 3.06 bits per heavy atom. The fraction of sp³-hybridized carbons (Fsp3) is 0.692. The van der Waals surface area contributed by atoms with Crippen molar-refractivity contribution in [1.29, 1.82) is 0 Å². The summed E-state index contributed by atoms with van der Waals surface area (Å²) in [5.74, 6) is 0.605. The average molecular weight is 235 g/mol. The molecule has 1 fully saturated rings. The molecule has 0 radical (unpaired) electrons. The second kappa shape index (κ2) is 5.45. The van der Waals surface area contributed by atoms with Crippen molar-refractivity contribution in [3.63, 3.8) is 0 Å². The number of aromatic nitrogens is 2. The van der Waals surface area contributed by atoms with Gasteiger partial charge in [-0.05, 0) is 38.3 Å². The van der Waals surface area contributed by atoms with Crippen LogP contribution in [0.25, 0.3) is 0 Å². The zero-order valence-corrected chi connectivity index (χ0v) is 10.7. The highest BCUT2D eigenvalue weighted by Crippen LogP contribution is 2.17. The third-order valence-corrected chi connectivity index (χ3v) is 3.56. The van der Waals surface area contributed by atoms with E-state index in [4.69, 9.17) is 0 Å². The molecule has 1 aliphatic rings. The van der Waals surface area contributed by atoms with Gasteiger partial charge in [-0.3, -0.25) is 9.48 Å². The summed E-state index contributed by atoms with van der Waals surface area (Å²) in [6.07, 6.45) is 7.23. The van der Waals surface area contributed by atoms with Crippen molar-refractivity contribution >= 4 is 5.78 Å². The summed E-state index contributed by atoms with van der Waals surface area (Å²) < 4.78 is 1.84. The van der Waals surface area contributed by atoms with Crippen molar-refractivity contribution < 1.29 is 4.79 Å². The summed E-state index contributed by atoms with van der Waals surface area (Å²) in [5, 5.41) is 4.17. The second-order valence-corrected chi connectivity index (χ2v) is 5.02. The maximum Gasteiger partial charge on any atom is 0.134 e. The third-order valence-electron chi connectivity index (χ3n) is 3.56. The van der Waals surface area contributed by atoms with Gasteiger partial charge in [0.2, 0.25) is 0 Å². The van der Waals surface area contributed by atoms with Crippen molar-refractivity contribution in [3.8, 4) is 0 Å². The third kappa shape index (κ3) is 3.40. The molecule has 1 aromatic rings. The number of Topliss-reactive ketones (excluding diaryl/α,β-unsaturated/α-hetero) is 1. The Hall–Kier alpha value is -1.16. The van der Waals surface area contributed by atoms with Crippen LogP contribution < -0.4 is 0 Å². The predicted octanol–water partition coefficient (Wildman–Crippen LogP) is 1.26. The fourth-order valence-electron chi connectivity index (χ4n) is 2.48. The first-order valence-corrected chi connectivity index (χ1v) is 6.35. The Bertz CT molecular complexity index is 386. The van der Waals surface area contributed by atoms with Crippen LogP contribution in [0, 0.1) is 5.92 Å². The van der Waals surface area contributed by atoms with Crippen LogP contribution in [0.15, 0.2) is 12.4 Å². The highest BCUT2D eigenvalue weighted by molar-refractivity contribution is 5.78. The number of aryl methyl sites for hydroxylation is 1. The summed E-state index contributed by atoms with van der Waals surface area (Å²) in [7, 11) is 1.94. The van der Waals surface area contributed by atoms with Crippen LogP contribution in [-0.4, -0.2) is 40.1 Å². The first-order chi connectivity index (χ1) is 8.15. The van der Waals surface area contributed by atoms with Gasteiger partial charge in [0.25, 0.3) is 0 Å². The van der Waals surface area contributed by atoms with Gasteiger partial charge in [0.15, 0.2) is 0 Å². The second-order valence-electron chi connectivity index (χ2n) is 5.02. The molecular weight excluding hydrogens is 214 g/mol. The van der Waals surface area contributed by atoms with Gasteiger partial charge < -0.3 is 4.90 Å². The summed E-state index contributed by atoms with van der Waals surface area (Å²) in [6.45, 7) is 4.82. The molecule has 0 bridgehead atoms. The molecule has 94 valence electrons. The van der Waals surface area contributed by atoms with Crippen LogP contribution in [0.2, 0.25) is 0 Å². The van der Waals surface area contributed by atoms with Crippen LogP contribution >= 0.6 is 0 Å². The van der Waals surface area contributed by atoms with Crippen LogP contribution in [0.4, 0.5) is 0 Å². The van der Waals surface area contributed by atoms with Crippen molar-refractivity contribution in [2.24, 2.45) is 13.0 Å². The normalized spacial score (nSPS) is 21.6. The summed E-state index contributed by atoms with van der Waals surface area (Å²) in [5.41, 5.74) is 1.28. The van der Waals surface area contributed by atoms with Crippen LogP contribution in [0.3, 0.4) is 0 Å². The molecular formula is C13H21N3O. The van der Waals surface area contributed by atoms with Gasteiger partial charge >= 0.3 is 0 Å². The number of piperidine rings is 1. The van der Waals surface area contributed by atoms with E-state index in [1.807, 2.05) is 17.9 Å². The van der Waals surface area contributed by atoms with E-state index >= 15 is 0 Å². The highest BCUT2D eigenvalue weighted by atomic mass is 16.1. The molecule has 17 heavy (non-hydrogen) atoms. The van der Waals surface area contributed by atoms with Gasteiger partial charge in [0.1, 0.15) is 5.78 Å². The van der Waals surface area contributed by atoms with Gasteiger partial charge in [-0.15, -0.1) is 0 Å². The summed E-state index contributed by atoms with van der Waals surface area (Å²) >= 11 is 0. The molecule has 0 aromatic carbocycles. The Balaban J connectivity index is 1.81. The molecule has 0 N–H and O–H groups in total. The van der Waals surface area contributed by atoms with Crippen LogP contribution in [0.1, 0.15) is 25.3 Å². The molecule has 0 saturated carbocycles. The van der Waals surface area contributed by atoms with E-state index in [9.17, 15) is 4.79 Å². The monoisotopic (exact) mass is 235 g/mol. The van der Waals surface area contributed by atoms with Gasteiger partial charge in [-0.1, -0.05) is 0 Å². The number of ketones is 1. The fourth-order valence-corrected chi connectivity index (χ4v) is 2.48. The Labute approximate surface area is 103 Å². The lowest BCUT2D eigenvalue weighted by Gasteiger charge is -2.31. The number of carbonyl (C=O) groups is 1. The SMILES string of the molecule is CC(=O)C1CCCN(CCc2cnn(C)c2)C1. The number of hydrogen-bond donors (Lipinski definition) is 0. The molecule has 1 aliphatic heterocycles. The van der Waals surface area contributed by atoms with E-state index in [1.165, 1.54) is 5.56 Å². The lowest BCUT2D eigenvalue weighted by Crippen LogP contribution is -2.39. The van der Waals surface area contributed by atoms with E-state index in [0.717, 1.165) is 38.9 Å². The van der Waals surface area contributed by atoms with Crippen molar-refractivity contribution in [3.05, 3.63) is 18.0 Å². The molecule has 1 saturated heterocycles. The number of likely N-dealkylation sites (tertiary alicyclic amines) is 1. The maximum absolute atomic E-state index is 11.4. The average Bonchev–Trinajstić information content (AvgIpc) is 2.73. The van der Waals surface area contributed by atoms with Crippen LogP contribution in [-0.2, 0) is 18.3 Å². The smallest absolute Gasteiger partial charge is 0.134 e. The zero-order chi connectivity index (χ0) is 12.3. The van der Waals surface area contributed by atoms with Crippen molar-refractivity contribution in [1.82, 2.24) is 14.7 Å². The first kappa shape index (κ1) is 12.3. The number of carbonyl (C=O) groups excluding carboxylic acids is 1. The maximum atomic E-state index is 11.4. The quantitative estimate of drug-likeness (QED) is 0.788. The molecule has 2 rings (SSSR count). The molecule has 0 aliphatic carbocycles. The van der Waals surface area contributed by atoms with E-state index < -0.39 is 0 Å². The van der Waals surface area contributed by atoms with Crippen molar-refractivity contribution in [2.75, 3.05) is 19.6 Å². The van der Waals surface area contributed by atoms with Crippen molar-refractivity contribution in [2.45, 2.75) is 26.2 Å². The first-order valence-electron chi connectivity index (χ1n) is 6.35. The number of nitrogens with zero attached hydrogens (tertiary/aromatic N) is 3. The largest absolute Gasteiger partial charge is 0.302 e. The van der Waals surface area contributed by atoms with E-state index in [1.54, 1.807) is 6.92 Å². The van der Waals surface area contributed by atoms with Gasteiger partial charge in [-0.25, -0.2) is 0 Å². The summed E-state index contributed by atoms with van der Waals surface area (Å²) in [6, 6.07) is 0. The lowest BCUT2D eigenvalue weighted by atomic mass is 9.94. The van der Waals surface area contributed by atoms with Crippen LogP contribution in [0.5, 0.6) is 0 Å². The predicted molar refractivity (Wildman–Crippen MR) is 66.8 cm³/mol. The molecule has 4 heteroatoms. The molecule has 1 aromatic heterocycles. The van der Waals surface area contributed by atoms with E-state index in [2.05, 4.69) is 16.2 Å². The molecule has 2 heterocycles. The summed E-state index contributed by atoms with van der Waals surface area (Å²) in [4.78, 5) is 13.8. The lowest BCUT2D eigenvalue weighted by molar-refractivity contribution is -0.122. The molecule has 0 spiro atoms. The minimum Gasteiger partial charge on any atom is -0.302 e. The Morgan fingerprint density at radius 2 is 2.41 bits per heavy atom. The zero-order valence-electron chi connectivity index (χ0n) is 10.7. The van der Waals surface area contributed by atoms with Gasteiger partial charge in [-0.2, -0.15) is 5.10 Å². The Morgan fingerprint density at radius 1 is 1.59 bits per heavy atom. The minimum absolute atomic E-state index is 0.262. The molecule has 1 unspecified atom stereocenters. The standard InChI is InChI=1S/C13H21N3O/c1-11(17)13-4-3-6-16(10-13)7-5-12-8-14-15(2)9-12/h8-9,13H,3-7,10H2,1-2H3. The van der Waals surface area contributed by atoms with E-state index in [-0.39, 0.29) is 5.92 Å². The highest BCUT2D eigenvalue weighted by Gasteiger charge is 2.22. The number of hydrogen-bond acceptors (Lipinski definition) is 3. The molecule has 1 atom stereocenters.